The van der Waals surface area contributed by atoms with Crippen molar-refractivity contribution in [3.05, 3.63) is 64.7 Å². The number of hydrogen-bond donors (Lipinski definition) is 1. The van der Waals surface area contributed by atoms with Gasteiger partial charge in [-0.3, -0.25) is 9.10 Å². The Bertz CT molecular complexity index is 1050. The summed E-state index contributed by atoms with van der Waals surface area (Å²) >= 11 is 0. The molecule has 1 aliphatic carbocycles. The van der Waals surface area contributed by atoms with Crippen LogP contribution < -0.4 is 9.73 Å². The second-order valence-corrected chi connectivity index (χ2v) is 10.2. The number of carbonyl (C=O) groups excluding carboxylic acids is 1. The summed E-state index contributed by atoms with van der Waals surface area (Å²) in [6.07, 6.45) is 7.79. The Labute approximate surface area is 185 Å². The minimum Gasteiger partial charge on any atom is -0.267 e. The maximum absolute atomic E-state index is 12.4. The van der Waals surface area contributed by atoms with Crippen molar-refractivity contribution >= 4 is 27.3 Å². The van der Waals surface area contributed by atoms with Gasteiger partial charge in [-0.2, -0.15) is 5.10 Å². The molecule has 1 aliphatic rings. The Morgan fingerprint density at radius 2 is 1.61 bits per heavy atom. The van der Waals surface area contributed by atoms with Crippen LogP contribution in [0, 0.1) is 13.8 Å². The lowest BCUT2D eigenvalue weighted by Gasteiger charge is -2.23. The van der Waals surface area contributed by atoms with Gasteiger partial charge in [0.05, 0.1) is 18.5 Å². The van der Waals surface area contributed by atoms with Crippen molar-refractivity contribution in [3.63, 3.8) is 0 Å². The number of hydrogen-bond acceptors (Lipinski definition) is 4. The van der Waals surface area contributed by atoms with Gasteiger partial charge in [-0.05, 0) is 80.5 Å². The molecule has 0 radical (unpaired) electrons. The summed E-state index contributed by atoms with van der Waals surface area (Å²) in [5, 5.41) is 4.31. The van der Waals surface area contributed by atoms with Crippen LogP contribution in [0.25, 0.3) is 0 Å². The second kappa shape index (κ2) is 10.1. The van der Waals surface area contributed by atoms with E-state index in [2.05, 4.69) is 10.5 Å². The highest BCUT2D eigenvalue weighted by atomic mass is 32.2. The van der Waals surface area contributed by atoms with Gasteiger partial charge in [0.15, 0.2) is 0 Å². The summed E-state index contributed by atoms with van der Waals surface area (Å²) in [7, 11) is -3.46. The number of nitrogens with one attached hydrogen (secondary N) is 1. The highest BCUT2D eigenvalue weighted by Crippen LogP contribution is 2.23. The SMILES string of the molecule is Cc1ccc(N(Cc2ccc(C(=O)NN=C3CCCCCC3)cc2)S(C)(=O)=O)cc1C. The Hall–Kier alpha value is -2.67. The highest BCUT2D eigenvalue weighted by Gasteiger charge is 2.18. The van der Waals surface area contributed by atoms with Crippen molar-refractivity contribution in [1.82, 2.24) is 5.43 Å². The van der Waals surface area contributed by atoms with Crippen LogP contribution in [0.15, 0.2) is 47.6 Å². The van der Waals surface area contributed by atoms with Gasteiger partial charge < -0.3 is 0 Å². The maximum atomic E-state index is 12.4. The van der Waals surface area contributed by atoms with Gasteiger partial charge in [0.25, 0.3) is 5.91 Å². The smallest absolute Gasteiger partial charge is 0.267 e. The fraction of sp³-hybridized carbons (Fsp3) is 0.417. The van der Waals surface area contributed by atoms with Crippen LogP contribution in [0.3, 0.4) is 0 Å². The Balaban J connectivity index is 1.71. The van der Waals surface area contributed by atoms with Gasteiger partial charge >= 0.3 is 0 Å². The molecule has 31 heavy (non-hydrogen) atoms. The lowest BCUT2D eigenvalue weighted by molar-refractivity contribution is 0.0954. The van der Waals surface area contributed by atoms with Crippen molar-refractivity contribution in [3.8, 4) is 0 Å². The number of aryl methyl sites for hydroxylation is 2. The number of hydrazone groups is 1. The molecule has 0 saturated heterocycles. The predicted octanol–water partition coefficient (Wildman–Crippen LogP) is 4.71. The second-order valence-electron chi connectivity index (χ2n) is 8.27. The van der Waals surface area contributed by atoms with Crippen molar-refractivity contribution < 1.29 is 13.2 Å². The van der Waals surface area contributed by atoms with Crippen LogP contribution in [0.5, 0.6) is 0 Å². The van der Waals surface area contributed by atoms with Gasteiger partial charge in [-0.1, -0.05) is 31.0 Å². The topological polar surface area (TPSA) is 78.8 Å². The molecule has 1 fully saturated rings. The average molecular weight is 442 g/mol. The largest absolute Gasteiger partial charge is 0.271 e. The molecule has 0 aromatic heterocycles. The number of nitrogens with zero attached hydrogens (tertiary/aromatic N) is 2. The normalized spacial score (nSPS) is 14.6. The number of carbonyl (C=O) groups is 1. The van der Waals surface area contributed by atoms with Gasteiger partial charge in [0.2, 0.25) is 10.0 Å². The Kier molecular flexibility index (Phi) is 7.49. The first-order chi connectivity index (χ1) is 14.7. The first-order valence-corrected chi connectivity index (χ1v) is 12.6. The van der Waals surface area contributed by atoms with E-state index in [0.29, 0.717) is 11.3 Å². The minimum atomic E-state index is -3.46. The van der Waals surface area contributed by atoms with Crippen LogP contribution in [0.2, 0.25) is 0 Å². The molecule has 0 spiro atoms. The quantitative estimate of drug-likeness (QED) is 0.521. The number of benzene rings is 2. The van der Waals surface area contributed by atoms with Crippen LogP contribution >= 0.6 is 0 Å². The number of rotatable bonds is 6. The van der Waals surface area contributed by atoms with E-state index < -0.39 is 10.0 Å². The third-order valence-corrected chi connectivity index (χ3v) is 6.86. The van der Waals surface area contributed by atoms with Gasteiger partial charge in [-0.15, -0.1) is 0 Å². The van der Waals surface area contributed by atoms with E-state index in [-0.39, 0.29) is 12.5 Å². The molecule has 0 bridgehead atoms. The van der Waals surface area contributed by atoms with Crippen LogP contribution in [0.4, 0.5) is 5.69 Å². The molecule has 0 unspecified atom stereocenters. The third kappa shape index (κ3) is 6.40. The van der Waals surface area contributed by atoms with E-state index in [0.717, 1.165) is 48.1 Å². The number of anilines is 1. The van der Waals surface area contributed by atoms with E-state index in [1.54, 1.807) is 24.3 Å². The number of sulfonamides is 1. The van der Waals surface area contributed by atoms with E-state index in [4.69, 9.17) is 0 Å². The third-order valence-electron chi connectivity index (χ3n) is 5.72. The van der Waals surface area contributed by atoms with E-state index >= 15 is 0 Å². The van der Waals surface area contributed by atoms with E-state index in [1.165, 1.54) is 23.4 Å². The van der Waals surface area contributed by atoms with Gasteiger partial charge in [0, 0.05) is 11.3 Å². The summed E-state index contributed by atoms with van der Waals surface area (Å²) in [5.74, 6) is -0.252. The molecule has 0 heterocycles. The van der Waals surface area contributed by atoms with Crippen molar-refractivity contribution in [2.24, 2.45) is 5.10 Å². The zero-order chi connectivity index (χ0) is 22.4. The zero-order valence-corrected chi connectivity index (χ0v) is 19.3. The monoisotopic (exact) mass is 441 g/mol. The Morgan fingerprint density at radius 1 is 0.968 bits per heavy atom. The van der Waals surface area contributed by atoms with Crippen molar-refractivity contribution in [2.45, 2.75) is 58.9 Å². The predicted molar refractivity (Wildman–Crippen MR) is 126 cm³/mol. The van der Waals surface area contributed by atoms with E-state index in [9.17, 15) is 13.2 Å². The molecule has 0 atom stereocenters. The van der Waals surface area contributed by atoms with Gasteiger partial charge in [0.1, 0.15) is 0 Å². The van der Waals surface area contributed by atoms with Crippen molar-refractivity contribution in [1.29, 1.82) is 0 Å². The first kappa shape index (κ1) is 23.0. The molecule has 166 valence electrons. The molecular formula is C24H31N3O3S. The lowest BCUT2D eigenvalue weighted by Crippen LogP contribution is -2.29. The number of amides is 1. The summed E-state index contributed by atoms with van der Waals surface area (Å²) in [6.45, 7) is 4.16. The maximum Gasteiger partial charge on any atom is 0.271 e. The molecule has 0 aliphatic heterocycles. The molecule has 1 amide bonds. The fourth-order valence-corrected chi connectivity index (χ4v) is 4.53. The van der Waals surface area contributed by atoms with Crippen LogP contribution in [-0.4, -0.2) is 26.3 Å². The van der Waals surface area contributed by atoms with Gasteiger partial charge in [-0.25, -0.2) is 13.8 Å². The molecule has 7 heteroatoms. The minimum absolute atomic E-state index is 0.200. The van der Waals surface area contributed by atoms with E-state index in [1.807, 2.05) is 32.0 Å². The summed E-state index contributed by atoms with van der Waals surface area (Å²) in [5.41, 5.74) is 7.79. The molecular weight excluding hydrogens is 410 g/mol. The van der Waals surface area contributed by atoms with Crippen molar-refractivity contribution in [2.75, 3.05) is 10.6 Å². The molecule has 6 nitrogen and oxygen atoms in total. The highest BCUT2D eigenvalue weighted by molar-refractivity contribution is 7.92. The molecule has 2 aromatic rings. The molecule has 3 rings (SSSR count). The first-order valence-electron chi connectivity index (χ1n) is 10.7. The summed E-state index contributed by atoms with van der Waals surface area (Å²) < 4.78 is 26.2. The molecule has 1 saturated carbocycles. The lowest BCUT2D eigenvalue weighted by atomic mass is 10.1. The molecule has 2 aromatic carbocycles. The van der Waals surface area contributed by atoms with Crippen LogP contribution in [0.1, 0.15) is 65.6 Å². The standard InChI is InChI=1S/C24H31N3O3S/c1-18-10-15-23(16-19(18)2)27(31(3,29)30)17-20-11-13-21(14-12-20)24(28)26-25-22-8-6-4-5-7-9-22/h10-16H,4-9,17H2,1-3H3,(H,26,28). The Morgan fingerprint density at radius 3 is 2.19 bits per heavy atom. The molecule has 1 N–H and O–H groups in total. The van der Waals surface area contributed by atoms with Crippen LogP contribution in [-0.2, 0) is 16.6 Å². The average Bonchev–Trinajstić information content (AvgIpc) is 3.01. The fourth-order valence-electron chi connectivity index (χ4n) is 3.65. The zero-order valence-electron chi connectivity index (χ0n) is 18.5. The summed E-state index contributed by atoms with van der Waals surface area (Å²) in [6, 6.07) is 12.6. The summed E-state index contributed by atoms with van der Waals surface area (Å²) in [4.78, 5) is 12.4.